The summed E-state index contributed by atoms with van der Waals surface area (Å²) in [7, 11) is 0. The molecule has 2 rings (SSSR count). The summed E-state index contributed by atoms with van der Waals surface area (Å²) in [5.41, 5.74) is 6.99. The topological polar surface area (TPSA) is 46.3 Å². The molecule has 1 atom stereocenters. The van der Waals surface area contributed by atoms with Gasteiger partial charge in [0.25, 0.3) is 0 Å². The van der Waals surface area contributed by atoms with Gasteiger partial charge in [-0.1, -0.05) is 30.3 Å². The van der Waals surface area contributed by atoms with E-state index < -0.39 is 0 Å². The zero-order valence-corrected chi connectivity index (χ0v) is 9.43. The van der Waals surface area contributed by atoms with Crippen molar-refractivity contribution in [1.82, 2.24) is 4.90 Å². The fourth-order valence-electron chi connectivity index (χ4n) is 2.10. The lowest BCUT2D eigenvalue weighted by atomic mass is 10.1. The third kappa shape index (κ3) is 2.61. The molecule has 16 heavy (non-hydrogen) atoms. The number of nitrogens with two attached hydrogens (primary N) is 1. The molecule has 1 fully saturated rings. The highest BCUT2D eigenvalue weighted by atomic mass is 16.2. The van der Waals surface area contributed by atoms with Gasteiger partial charge in [-0.15, -0.1) is 0 Å². The van der Waals surface area contributed by atoms with Gasteiger partial charge in [0.1, 0.15) is 0 Å². The first-order valence-electron chi connectivity index (χ1n) is 5.85. The van der Waals surface area contributed by atoms with E-state index >= 15 is 0 Å². The highest BCUT2D eigenvalue weighted by molar-refractivity contribution is 5.83. The SMILES string of the molecule is N[C@@H]1CCN(CCCc2ccccc2)C1=O. The van der Waals surface area contributed by atoms with Crippen LogP contribution < -0.4 is 5.73 Å². The van der Waals surface area contributed by atoms with E-state index in [1.165, 1.54) is 5.56 Å². The third-order valence-electron chi connectivity index (χ3n) is 3.08. The van der Waals surface area contributed by atoms with Gasteiger partial charge in [-0.2, -0.15) is 0 Å². The number of hydrogen-bond acceptors (Lipinski definition) is 2. The van der Waals surface area contributed by atoms with Crippen LogP contribution in [-0.2, 0) is 11.2 Å². The Morgan fingerprint density at radius 3 is 2.69 bits per heavy atom. The summed E-state index contributed by atoms with van der Waals surface area (Å²) in [6, 6.07) is 10.1. The van der Waals surface area contributed by atoms with Gasteiger partial charge in [0.15, 0.2) is 0 Å². The van der Waals surface area contributed by atoms with Gasteiger partial charge in [0.05, 0.1) is 6.04 Å². The fourth-order valence-corrected chi connectivity index (χ4v) is 2.10. The van der Waals surface area contributed by atoms with Crippen LogP contribution in [0.3, 0.4) is 0 Å². The van der Waals surface area contributed by atoms with E-state index in [2.05, 4.69) is 12.1 Å². The number of hydrogen-bond donors (Lipinski definition) is 1. The first-order chi connectivity index (χ1) is 7.77. The maximum Gasteiger partial charge on any atom is 0.239 e. The zero-order valence-electron chi connectivity index (χ0n) is 9.43. The molecule has 1 aliphatic rings. The lowest BCUT2D eigenvalue weighted by molar-refractivity contribution is -0.128. The molecule has 1 heterocycles. The average molecular weight is 218 g/mol. The standard InChI is InChI=1S/C13H18N2O/c14-12-8-10-15(13(12)16)9-4-7-11-5-2-1-3-6-11/h1-3,5-6,12H,4,7-10,14H2/t12-/m1/s1. The number of carbonyl (C=O) groups is 1. The molecule has 1 amide bonds. The summed E-state index contributed by atoms with van der Waals surface area (Å²) in [6.07, 6.45) is 2.85. The van der Waals surface area contributed by atoms with Crippen molar-refractivity contribution in [3.8, 4) is 0 Å². The molecular weight excluding hydrogens is 200 g/mol. The monoisotopic (exact) mass is 218 g/mol. The van der Waals surface area contributed by atoms with Crippen molar-refractivity contribution in [2.24, 2.45) is 5.73 Å². The largest absolute Gasteiger partial charge is 0.341 e. The number of aryl methyl sites for hydroxylation is 1. The van der Waals surface area contributed by atoms with Crippen molar-refractivity contribution in [2.45, 2.75) is 25.3 Å². The Labute approximate surface area is 96.2 Å². The van der Waals surface area contributed by atoms with Crippen LogP contribution in [0.2, 0.25) is 0 Å². The van der Waals surface area contributed by atoms with Crippen LogP contribution >= 0.6 is 0 Å². The number of likely N-dealkylation sites (tertiary alicyclic amines) is 1. The highest BCUT2D eigenvalue weighted by Crippen LogP contribution is 2.10. The second kappa shape index (κ2) is 5.12. The molecule has 0 aliphatic carbocycles. The molecule has 1 aromatic rings. The highest BCUT2D eigenvalue weighted by Gasteiger charge is 2.27. The van der Waals surface area contributed by atoms with Crippen LogP contribution in [0.15, 0.2) is 30.3 Å². The van der Waals surface area contributed by atoms with Crippen LogP contribution in [0, 0.1) is 0 Å². The van der Waals surface area contributed by atoms with Gasteiger partial charge >= 0.3 is 0 Å². The van der Waals surface area contributed by atoms with Crippen LogP contribution in [0.4, 0.5) is 0 Å². The van der Waals surface area contributed by atoms with E-state index in [4.69, 9.17) is 5.73 Å². The van der Waals surface area contributed by atoms with Gasteiger partial charge < -0.3 is 10.6 Å². The molecule has 1 saturated heterocycles. The molecule has 3 nitrogen and oxygen atoms in total. The third-order valence-corrected chi connectivity index (χ3v) is 3.08. The Morgan fingerprint density at radius 2 is 2.06 bits per heavy atom. The molecule has 86 valence electrons. The predicted octanol–water partition coefficient (Wildman–Crippen LogP) is 1.18. The maximum absolute atomic E-state index is 11.5. The van der Waals surface area contributed by atoms with Crippen molar-refractivity contribution in [3.05, 3.63) is 35.9 Å². The Morgan fingerprint density at radius 1 is 1.31 bits per heavy atom. The minimum atomic E-state index is -0.253. The number of benzene rings is 1. The molecule has 0 saturated carbocycles. The predicted molar refractivity (Wildman–Crippen MR) is 63.9 cm³/mol. The van der Waals surface area contributed by atoms with Crippen molar-refractivity contribution in [2.75, 3.05) is 13.1 Å². The second-order valence-corrected chi connectivity index (χ2v) is 4.31. The molecule has 0 aromatic heterocycles. The Kier molecular flexibility index (Phi) is 3.57. The van der Waals surface area contributed by atoms with Crippen LogP contribution in [0.1, 0.15) is 18.4 Å². The van der Waals surface area contributed by atoms with Crippen molar-refractivity contribution in [1.29, 1.82) is 0 Å². The van der Waals surface area contributed by atoms with Gasteiger partial charge in [-0.3, -0.25) is 4.79 Å². The average Bonchev–Trinajstić information content (AvgIpc) is 2.62. The Bertz CT molecular complexity index is 350. The number of nitrogens with zero attached hydrogens (tertiary/aromatic N) is 1. The fraction of sp³-hybridized carbons (Fsp3) is 0.462. The minimum absolute atomic E-state index is 0.119. The Hall–Kier alpha value is -1.35. The molecule has 0 bridgehead atoms. The van der Waals surface area contributed by atoms with E-state index in [1.54, 1.807) is 0 Å². The van der Waals surface area contributed by atoms with E-state index in [1.807, 2.05) is 23.1 Å². The van der Waals surface area contributed by atoms with Crippen LogP contribution in [-0.4, -0.2) is 29.9 Å². The summed E-state index contributed by atoms with van der Waals surface area (Å²) >= 11 is 0. The second-order valence-electron chi connectivity index (χ2n) is 4.31. The molecule has 0 spiro atoms. The van der Waals surface area contributed by atoms with E-state index in [0.29, 0.717) is 0 Å². The quantitative estimate of drug-likeness (QED) is 0.825. The zero-order chi connectivity index (χ0) is 11.4. The van der Waals surface area contributed by atoms with Crippen molar-refractivity contribution in [3.63, 3.8) is 0 Å². The van der Waals surface area contributed by atoms with Crippen LogP contribution in [0.25, 0.3) is 0 Å². The van der Waals surface area contributed by atoms with Crippen molar-refractivity contribution >= 4 is 5.91 Å². The lowest BCUT2D eigenvalue weighted by Gasteiger charge is -2.15. The molecular formula is C13H18N2O. The summed E-state index contributed by atoms with van der Waals surface area (Å²) in [5, 5.41) is 0. The molecule has 3 heteroatoms. The van der Waals surface area contributed by atoms with E-state index in [9.17, 15) is 4.79 Å². The summed E-state index contributed by atoms with van der Waals surface area (Å²) < 4.78 is 0. The molecule has 0 unspecified atom stereocenters. The van der Waals surface area contributed by atoms with E-state index in [-0.39, 0.29) is 11.9 Å². The summed E-state index contributed by atoms with van der Waals surface area (Å²) in [4.78, 5) is 13.4. The van der Waals surface area contributed by atoms with Crippen molar-refractivity contribution < 1.29 is 4.79 Å². The Balaban J connectivity index is 1.75. The van der Waals surface area contributed by atoms with Gasteiger partial charge in [0.2, 0.25) is 5.91 Å². The molecule has 0 radical (unpaired) electrons. The van der Waals surface area contributed by atoms with Gasteiger partial charge in [-0.25, -0.2) is 0 Å². The minimum Gasteiger partial charge on any atom is -0.341 e. The summed E-state index contributed by atoms with van der Waals surface area (Å²) in [6.45, 7) is 1.66. The normalized spacial score (nSPS) is 20.4. The molecule has 1 aliphatic heterocycles. The smallest absolute Gasteiger partial charge is 0.239 e. The van der Waals surface area contributed by atoms with Crippen LogP contribution in [0.5, 0.6) is 0 Å². The molecule has 2 N–H and O–H groups in total. The number of rotatable bonds is 4. The first-order valence-corrected chi connectivity index (χ1v) is 5.85. The maximum atomic E-state index is 11.5. The van der Waals surface area contributed by atoms with Gasteiger partial charge in [-0.05, 0) is 24.8 Å². The number of amides is 1. The summed E-state index contributed by atoms with van der Waals surface area (Å²) in [5.74, 6) is 0.119. The van der Waals surface area contributed by atoms with Gasteiger partial charge in [0, 0.05) is 13.1 Å². The lowest BCUT2D eigenvalue weighted by Crippen LogP contribution is -2.34. The van der Waals surface area contributed by atoms with E-state index in [0.717, 1.165) is 32.4 Å². The number of carbonyl (C=O) groups excluding carboxylic acids is 1. The first kappa shape index (κ1) is 11.1. The molecule has 1 aromatic carbocycles.